The van der Waals surface area contributed by atoms with Gasteiger partial charge >= 0.3 is 0 Å². The topological polar surface area (TPSA) is 35.6 Å². The van der Waals surface area contributed by atoms with Crippen LogP contribution in [-0.4, -0.2) is 54.1 Å². The van der Waals surface area contributed by atoms with Crippen LogP contribution in [0.3, 0.4) is 0 Å². The number of hydrogen-bond donors (Lipinski definition) is 1. The molecule has 4 heteroatoms. The van der Waals surface area contributed by atoms with E-state index >= 15 is 0 Å². The molecule has 2 aliphatic heterocycles. The van der Waals surface area contributed by atoms with Gasteiger partial charge < -0.3 is 9.80 Å². The number of rotatable bonds is 3. The molecule has 0 aromatic rings. The Kier molecular flexibility index (Phi) is 3.10. The van der Waals surface area contributed by atoms with Gasteiger partial charge in [-0.15, -0.1) is 0 Å². The van der Waals surface area contributed by atoms with E-state index in [0.29, 0.717) is 18.0 Å². The summed E-state index contributed by atoms with van der Waals surface area (Å²) in [6.07, 6.45) is 5.89. The number of likely N-dealkylation sites (tertiary alicyclic amines) is 1. The predicted octanol–water partition coefficient (Wildman–Crippen LogP) is 1.03. The molecule has 0 aromatic heterocycles. The Morgan fingerprint density at radius 1 is 1.33 bits per heavy atom. The summed E-state index contributed by atoms with van der Waals surface area (Å²) >= 11 is 0. The van der Waals surface area contributed by atoms with Crippen LogP contribution in [0.2, 0.25) is 0 Å². The maximum absolute atomic E-state index is 12.4. The van der Waals surface area contributed by atoms with Crippen molar-refractivity contribution in [3.63, 3.8) is 0 Å². The van der Waals surface area contributed by atoms with Crippen molar-refractivity contribution in [1.29, 1.82) is 0 Å². The van der Waals surface area contributed by atoms with E-state index < -0.39 is 0 Å². The smallest absolute Gasteiger partial charge is 0.244 e. The molecule has 102 valence electrons. The summed E-state index contributed by atoms with van der Waals surface area (Å²) in [4.78, 5) is 17.0. The summed E-state index contributed by atoms with van der Waals surface area (Å²) < 4.78 is 0. The lowest BCUT2D eigenvalue weighted by Crippen LogP contribution is -2.42. The van der Waals surface area contributed by atoms with Gasteiger partial charge in [-0.25, -0.2) is 0 Å². The van der Waals surface area contributed by atoms with Crippen LogP contribution in [0.1, 0.15) is 39.0 Å². The van der Waals surface area contributed by atoms with Crippen LogP contribution in [0, 0.1) is 5.92 Å². The maximum Gasteiger partial charge on any atom is 0.244 e. The number of nitrogens with zero attached hydrogens (tertiary/aromatic N) is 2. The molecule has 1 saturated carbocycles. The molecule has 1 aliphatic carbocycles. The third-order valence-electron chi connectivity index (χ3n) is 4.92. The van der Waals surface area contributed by atoms with Gasteiger partial charge in [0, 0.05) is 6.54 Å². The fraction of sp³-hybridized carbons (Fsp3) is 0.929. The van der Waals surface area contributed by atoms with Crippen molar-refractivity contribution in [3.8, 4) is 0 Å². The first-order valence-corrected chi connectivity index (χ1v) is 7.42. The zero-order valence-corrected chi connectivity index (χ0v) is 11.6. The van der Waals surface area contributed by atoms with Crippen molar-refractivity contribution in [2.45, 2.75) is 50.7 Å². The monoisotopic (exact) mass is 251 g/mol. The molecule has 4 nitrogen and oxygen atoms in total. The molecule has 3 rings (SSSR count). The van der Waals surface area contributed by atoms with Crippen molar-refractivity contribution in [2.24, 2.45) is 5.92 Å². The second kappa shape index (κ2) is 4.49. The number of carbonyl (C=O) groups is 1. The van der Waals surface area contributed by atoms with E-state index in [1.165, 1.54) is 25.9 Å². The van der Waals surface area contributed by atoms with Gasteiger partial charge in [0.15, 0.2) is 0 Å². The molecule has 1 spiro atoms. The minimum absolute atomic E-state index is 0.133. The molecule has 2 heterocycles. The molecular weight excluding hydrogens is 226 g/mol. The molecule has 3 aliphatic rings. The second-order valence-corrected chi connectivity index (χ2v) is 6.35. The molecule has 0 aromatic carbocycles. The first-order chi connectivity index (χ1) is 8.64. The number of piperidine rings is 1. The molecule has 0 bridgehead atoms. The highest BCUT2D eigenvalue weighted by molar-refractivity contribution is 5.91. The van der Waals surface area contributed by atoms with E-state index in [9.17, 15) is 4.79 Å². The highest BCUT2D eigenvalue weighted by Crippen LogP contribution is 2.43. The number of carbonyl (C=O) groups excluding carboxylic acids is 1. The normalized spacial score (nSPS) is 32.4. The molecule has 1 unspecified atom stereocenters. The minimum Gasteiger partial charge on any atom is -0.325 e. The van der Waals surface area contributed by atoms with Crippen molar-refractivity contribution in [3.05, 3.63) is 0 Å². The summed E-state index contributed by atoms with van der Waals surface area (Å²) in [6.45, 7) is 5.51. The Labute approximate surface area is 110 Å². The average Bonchev–Trinajstić information content (AvgIpc) is 3.11. The fourth-order valence-electron chi connectivity index (χ4n) is 3.41. The number of amides is 1. The van der Waals surface area contributed by atoms with E-state index in [4.69, 9.17) is 0 Å². The Bertz CT molecular complexity index is 332. The quantitative estimate of drug-likeness (QED) is 0.814. The van der Waals surface area contributed by atoms with E-state index in [2.05, 4.69) is 29.1 Å². The third kappa shape index (κ3) is 2.05. The standard InChI is InChI=1S/C14H25N3O/c1-3-12-15-14(6-7-14)13(18)17(12)10-11-4-8-16(2)9-5-11/h11-12,15H,3-10H2,1-2H3. The Balaban J connectivity index is 1.62. The van der Waals surface area contributed by atoms with Gasteiger partial charge in [0.2, 0.25) is 5.91 Å². The van der Waals surface area contributed by atoms with Gasteiger partial charge in [0.1, 0.15) is 0 Å². The Morgan fingerprint density at radius 2 is 2.00 bits per heavy atom. The molecule has 2 saturated heterocycles. The summed E-state index contributed by atoms with van der Waals surface area (Å²) in [6, 6.07) is 0. The fourth-order valence-corrected chi connectivity index (χ4v) is 3.41. The minimum atomic E-state index is -0.133. The number of hydrogen-bond acceptors (Lipinski definition) is 3. The molecular formula is C14H25N3O. The number of nitrogens with one attached hydrogen (secondary N) is 1. The van der Waals surface area contributed by atoms with Gasteiger partial charge in [-0.3, -0.25) is 10.1 Å². The molecule has 3 fully saturated rings. The molecule has 1 atom stereocenters. The second-order valence-electron chi connectivity index (χ2n) is 6.35. The Morgan fingerprint density at radius 3 is 2.56 bits per heavy atom. The SMILES string of the molecule is CCC1NC2(CC2)C(=O)N1CC1CCN(C)CC1. The lowest BCUT2D eigenvalue weighted by Gasteiger charge is -2.33. The molecule has 18 heavy (non-hydrogen) atoms. The summed E-state index contributed by atoms with van der Waals surface area (Å²) in [5.74, 6) is 1.09. The van der Waals surface area contributed by atoms with Crippen LogP contribution in [-0.2, 0) is 4.79 Å². The van der Waals surface area contributed by atoms with Crippen molar-refractivity contribution < 1.29 is 4.79 Å². The molecule has 0 radical (unpaired) electrons. The van der Waals surface area contributed by atoms with Gasteiger partial charge in [0.25, 0.3) is 0 Å². The van der Waals surface area contributed by atoms with Crippen LogP contribution in [0.15, 0.2) is 0 Å². The maximum atomic E-state index is 12.4. The molecule has 1 amide bonds. The van der Waals surface area contributed by atoms with E-state index in [0.717, 1.165) is 25.8 Å². The highest BCUT2D eigenvalue weighted by atomic mass is 16.2. The van der Waals surface area contributed by atoms with E-state index in [1.54, 1.807) is 0 Å². The van der Waals surface area contributed by atoms with Crippen LogP contribution in [0.5, 0.6) is 0 Å². The highest BCUT2D eigenvalue weighted by Gasteiger charge is 2.58. The van der Waals surface area contributed by atoms with Gasteiger partial charge in [-0.05, 0) is 58.2 Å². The first kappa shape index (κ1) is 12.4. The van der Waals surface area contributed by atoms with Crippen molar-refractivity contribution >= 4 is 5.91 Å². The zero-order chi connectivity index (χ0) is 12.8. The van der Waals surface area contributed by atoms with Gasteiger partial charge in [0.05, 0.1) is 11.7 Å². The van der Waals surface area contributed by atoms with Gasteiger partial charge in [-0.1, -0.05) is 6.92 Å². The summed E-state index contributed by atoms with van der Waals surface area (Å²) in [5, 5.41) is 3.56. The first-order valence-electron chi connectivity index (χ1n) is 7.42. The zero-order valence-electron chi connectivity index (χ0n) is 11.6. The lowest BCUT2D eigenvalue weighted by atomic mass is 9.96. The van der Waals surface area contributed by atoms with Crippen molar-refractivity contribution in [2.75, 3.05) is 26.7 Å². The van der Waals surface area contributed by atoms with Crippen LogP contribution in [0.25, 0.3) is 0 Å². The largest absolute Gasteiger partial charge is 0.325 e. The van der Waals surface area contributed by atoms with E-state index in [-0.39, 0.29) is 5.54 Å². The van der Waals surface area contributed by atoms with Gasteiger partial charge in [-0.2, -0.15) is 0 Å². The van der Waals surface area contributed by atoms with Crippen LogP contribution < -0.4 is 5.32 Å². The Hall–Kier alpha value is -0.610. The average molecular weight is 251 g/mol. The molecule has 1 N–H and O–H groups in total. The summed E-state index contributed by atoms with van der Waals surface area (Å²) in [5.41, 5.74) is -0.133. The van der Waals surface area contributed by atoms with Crippen molar-refractivity contribution in [1.82, 2.24) is 15.1 Å². The summed E-state index contributed by atoms with van der Waals surface area (Å²) in [7, 11) is 2.19. The van der Waals surface area contributed by atoms with Crippen LogP contribution in [0.4, 0.5) is 0 Å². The van der Waals surface area contributed by atoms with Crippen LogP contribution >= 0.6 is 0 Å². The third-order valence-corrected chi connectivity index (χ3v) is 4.92. The lowest BCUT2D eigenvalue weighted by molar-refractivity contribution is -0.131. The van der Waals surface area contributed by atoms with E-state index in [1.807, 2.05) is 0 Å². The predicted molar refractivity (Wildman–Crippen MR) is 71.1 cm³/mol.